The van der Waals surface area contributed by atoms with Crippen molar-refractivity contribution in [3.05, 3.63) is 65.2 Å². The molecule has 4 aliphatic rings. The molecule has 31 heavy (non-hydrogen) atoms. The Morgan fingerprint density at radius 3 is 2.68 bits per heavy atom. The third-order valence-electron chi connectivity index (χ3n) is 8.72. The number of hydrogen-bond donors (Lipinski definition) is 0. The van der Waals surface area contributed by atoms with Gasteiger partial charge in [0.2, 0.25) is 0 Å². The lowest BCUT2D eigenvalue weighted by atomic mass is 9.55. The van der Waals surface area contributed by atoms with Crippen LogP contribution in [0, 0.1) is 17.3 Å². The van der Waals surface area contributed by atoms with E-state index in [1.807, 2.05) is 6.07 Å². The van der Waals surface area contributed by atoms with E-state index in [4.69, 9.17) is 14.2 Å². The van der Waals surface area contributed by atoms with Crippen molar-refractivity contribution >= 4 is 15.9 Å². The number of aryl methyl sites for hydroxylation is 1. The minimum atomic E-state index is -0.419. The second-order valence-corrected chi connectivity index (χ2v) is 11.2. The van der Waals surface area contributed by atoms with Gasteiger partial charge < -0.3 is 14.2 Å². The van der Waals surface area contributed by atoms with Gasteiger partial charge in [0.25, 0.3) is 0 Å². The molecular weight excluding hydrogens is 452 g/mol. The van der Waals surface area contributed by atoms with Crippen LogP contribution in [0.3, 0.4) is 0 Å². The van der Waals surface area contributed by atoms with Crippen molar-refractivity contribution in [1.82, 2.24) is 0 Å². The molecule has 0 aromatic heterocycles. The van der Waals surface area contributed by atoms with Gasteiger partial charge >= 0.3 is 0 Å². The molecule has 5 atom stereocenters. The number of halogens is 1. The monoisotopic (exact) mass is 482 g/mol. The van der Waals surface area contributed by atoms with Crippen molar-refractivity contribution in [3.63, 3.8) is 0 Å². The lowest BCUT2D eigenvalue weighted by Gasteiger charge is -2.52. The topological polar surface area (TPSA) is 27.7 Å². The summed E-state index contributed by atoms with van der Waals surface area (Å²) in [5, 5.41) is 0. The highest BCUT2D eigenvalue weighted by Gasteiger charge is 2.68. The van der Waals surface area contributed by atoms with Crippen LogP contribution in [0.5, 0.6) is 5.75 Å². The van der Waals surface area contributed by atoms with Gasteiger partial charge in [0, 0.05) is 5.41 Å². The minimum Gasteiger partial charge on any atom is -0.489 e. The molecule has 3 nitrogen and oxygen atoms in total. The third-order valence-corrected chi connectivity index (χ3v) is 9.70. The molecule has 1 heterocycles. The molecule has 3 fully saturated rings. The highest BCUT2D eigenvalue weighted by atomic mass is 79.9. The summed E-state index contributed by atoms with van der Waals surface area (Å²) in [6.07, 6.45) is 5.96. The SMILES string of the molecule is C[C@]12CC[C@@H]3c4ccc(OCc5ccccc5)cc4CC[C@H]3C1CC(Br)C21OCCO1. The van der Waals surface area contributed by atoms with Crippen molar-refractivity contribution < 1.29 is 14.2 Å². The Labute approximate surface area is 193 Å². The molecule has 2 aromatic carbocycles. The van der Waals surface area contributed by atoms with Crippen molar-refractivity contribution in [2.24, 2.45) is 17.3 Å². The van der Waals surface area contributed by atoms with Crippen LogP contribution in [0.1, 0.15) is 55.2 Å². The van der Waals surface area contributed by atoms with E-state index in [-0.39, 0.29) is 5.41 Å². The molecule has 0 bridgehead atoms. The summed E-state index contributed by atoms with van der Waals surface area (Å²) in [7, 11) is 0. The van der Waals surface area contributed by atoms with Gasteiger partial charge in [-0.25, -0.2) is 0 Å². The fraction of sp³-hybridized carbons (Fsp3) is 0.556. The van der Waals surface area contributed by atoms with E-state index in [1.165, 1.54) is 30.4 Å². The first-order chi connectivity index (χ1) is 15.1. The molecule has 2 aromatic rings. The van der Waals surface area contributed by atoms with E-state index in [0.29, 0.717) is 23.3 Å². The van der Waals surface area contributed by atoms with Gasteiger partial charge in [-0.1, -0.05) is 59.3 Å². The van der Waals surface area contributed by atoms with Crippen molar-refractivity contribution in [2.75, 3.05) is 13.2 Å². The van der Waals surface area contributed by atoms with Crippen molar-refractivity contribution in [1.29, 1.82) is 0 Å². The summed E-state index contributed by atoms with van der Waals surface area (Å²) in [6.45, 7) is 4.53. The summed E-state index contributed by atoms with van der Waals surface area (Å²) < 4.78 is 18.8. The zero-order chi connectivity index (χ0) is 21.1. The van der Waals surface area contributed by atoms with Gasteiger partial charge in [-0.15, -0.1) is 0 Å². The zero-order valence-electron chi connectivity index (χ0n) is 18.2. The molecule has 2 saturated carbocycles. The first kappa shape index (κ1) is 20.3. The van der Waals surface area contributed by atoms with Crippen LogP contribution in [-0.4, -0.2) is 23.8 Å². The van der Waals surface area contributed by atoms with Crippen LogP contribution in [0.25, 0.3) is 0 Å². The van der Waals surface area contributed by atoms with Crippen LogP contribution >= 0.6 is 15.9 Å². The Morgan fingerprint density at radius 1 is 1.06 bits per heavy atom. The number of rotatable bonds is 3. The standard InChI is InChI=1S/C27H31BrO3/c1-26-12-11-22-21-10-8-20(29-17-18-5-3-2-4-6-18)15-19(21)7-9-23(22)24(26)16-25(28)27(26)30-13-14-31-27/h2-6,8,10,15,22-25H,7,9,11-14,16-17H2,1H3/t22-,23-,24?,25?,26+/m1/s1. The highest BCUT2D eigenvalue weighted by Crippen LogP contribution is 2.67. The fourth-order valence-electron chi connectivity index (χ4n) is 7.25. The highest BCUT2D eigenvalue weighted by molar-refractivity contribution is 9.09. The molecule has 0 N–H and O–H groups in total. The lowest BCUT2D eigenvalue weighted by molar-refractivity contribution is -0.233. The number of fused-ring (bicyclic) bond motifs is 6. The summed E-state index contributed by atoms with van der Waals surface area (Å²) in [4.78, 5) is 0.298. The smallest absolute Gasteiger partial charge is 0.186 e. The maximum atomic E-state index is 6.33. The van der Waals surface area contributed by atoms with E-state index in [1.54, 1.807) is 5.56 Å². The maximum absolute atomic E-state index is 6.33. The van der Waals surface area contributed by atoms with Gasteiger partial charge in [-0.05, 0) is 78.7 Å². The van der Waals surface area contributed by atoms with Crippen molar-refractivity contribution in [2.45, 2.75) is 62.2 Å². The van der Waals surface area contributed by atoms with Gasteiger partial charge in [0.1, 0.15) is 12.4 Å². The number of ether oxygens (including phenoxy) is 3. The molecule has 1 saturated heterocycles. The first-order valence-electron chi connectivity index (χ1n) is 11.8. The lowest BCUT2D eigenvalue weighted by Crippen LogP contribution is -2.53. The Kier molecular flexibility index (Phi) is 4.97. The Balaban J connectivity index is 1.23. The van der Waals surface area contributed by atoms with Gasteiger partial charge in [0.15, 0.2) is 5.79 Å². The Hall–Kier alpha value is -1.36. The van der Waals surface area contributed by atoms with E-state index in [9.17, 15) is 0 Å². The van der Waals surface area contributed by atoms with E-state index in [0.717, 1.165) is 37.7 Å². The van der Waals surface area contributed by atoms with Crippen LogP contribution in [0.15, 0.2) is 48.5 Å². The van der Waals surface area contributed by atoms with Crippen LogP contribution < -0.4 is 4.74 Å². The molecule has 4 heteroatoms. The number of alkyl halides is 1. The molecule has 6 rings (SSSR count). The number of hydrogen-bond acceptors (Lipinski definition) is 3. The van der Waals surface area contributed by atoms with E-state index >= 15 is 0 Å². The number of benzene rings is 2. The summed E-state index contributed by atoms with van der Waals surface area (Å²) in [5.74, 6) is 2.60. The molecule has 2 unspecified atom stereocenters. The largest absolute Gasteiger partial charge is 0.489 e. The van der Waals surface area contributed by atoms with Gasteiger partial charge in [-0.2, -0.15) is 0 Å². The fourth-order valence-corrected chi connectivity index (χ4v) is 8.44. The maximum Gasteiger partial charge on any atom is 0.186 e. The predicted molar refractivity (Wildman–Crippen MR) is 125 cm³/mol. The van der Waals surface area contributed by atoms with Crippen LogP contribution in [0.2, 0.25) is 0 Å². The average Bonchev–Trinajstić information content (AvgIpc) is 3.39. The minimum absolute atomic E-state index is 0.106. The molecule has 0 radical (unpaired) electrons. The molecule has 0 amide bonds. The molecule has 1 spiro atoms. The molecule has 1 aliphatic heterocycles. The summed E-state index contributed by atoms with van der Waals surface area (Å²) in [6, 6.07) is 17.2. The molecular formula is C27H31BrO3. The van der Waals surface area contributed by atoms with Gasteiger partial charge in [0.05, 0.1) is 18.0 Å². The first-order valence-corrected chi connectivity index (χ1v) is 12.7. The second kappa shape index (κ2) is 7.60. The summed E-state index contributed by atoms with van der Waals surface area (Å²) >= 11 is 3.98. The predicted octanol–water partition coefficient (Wildman–Crippen LogP) is 6.24. The Bertz CT molecular complexity index is 954. The second-order valence-electron chi connectivity index (χ2n) is 10.1. The average molecular weight is 483 g/mol. The Morgan fingerprint density at radius 2 is 1.87 bits per heavy atom. The molecule has 164 valence electrons. The van der Waals surface area contributed by atoms with Crippen molar-refractivity contribution in [3.8, 4) is 5.75 Å². The van der Waals surface area contributed by atoms with Gasteiger partial charge in [-0.3, -0.25) is 0 Å². The van der Waals surface area contributed by atoms with E-state index in [2.05, 4.69) is 65.3 Å². The third kappa shape index (κ3) is 3.05. The van der Waals surface area contributed by atoms with E-state index < -0.39 is 5.79 Å². The quantitative estimate of drug-likeness (QED) is 0.484. The zero-order valence-corrected chi connectivity index (χ0v) is 19.8. The normalized spacial score (nSPS) is 35.4. The van der Waals surface area contributed by atoms with Crippen LogP contribution in [-0.2, 0) is 22.5 Å². The van der Waals surface area contributed by atoms with Crippen LogP contribution in [0.4, 0.5) is 0 Å². The summed E-state index contributed by atoms with van der Waals surface area (Å²) in [5.41, 5.74) is 4.37. The molecule has 3 aliphatic carbocycles.